The van der Waals surface area contributed by atoms with E-state index in [2.05, 4.69) is 5.32 Å². The molecule has 0 aliphatic carbocycles. The molecule has 0 saturated carbocycles. The van der Waals surface area contributed by atoms with Gasteiger partial charge in [0.25, 0.3) is 5.91 Å². The molecule has 0 spiro atoms. The first-order chi connectivity index (χ1) is 12.7. The second-order valence-corrected chi connectivity index (χ2v) is 8.30. The average Bonchev–Trinajstić information content (AvgIpc) is 2.58. The van der Waals surface area contributed by atoms with Crippen LogP contribution in [0.3, 0.4) is 0 Å². The van der Waals surface area contributed by atoms with Crippen LogP contribution in [0.15, 0.2) is 35.9 Å². The molecule has 1 aromatic rings. The molecule has 1 rings (SSSR count). The molecule has 0 saturated heterocycles. The van der Waals surface area contributed by atoms with Crippen LogP contribution in [0.2, 0.25) is 0 Å². The minimum absolute atomic E-state index is 0.126. The minimum Gasteiger partial charge on any atom is -0.368 e. The number of amides is 2. The van der Waals surface area contributed by atoms with Gasteiger partial charge in [-0.25, -0.2) is 0 Å². The van der Waals surface area contributed by atoms with Crippen LogP contribution < -0.4 is 11.1 Å². The van der Waals surface area contributed by atoms with Crippen molar-refractivity contribution in [3.63, 3.8) is 0 Å². The zero-order chi connectivity index (χ0) is 20.4. The monoisotopic (exact) mass is 396 g/mol. The minimum atomic E-state index is -3.20. The van der Waals surface area contributed by atoms with E-state index in [9.17, 15) is 14.2 Å². The highest BCUT2D eigenvalue weighted by Gasteiger charge is 2.24. The van der Waals surface area contributed by atoms with Gasteiger partial charge in [-0.2, -0.15) is 0 Å². The molecule has 0 radical (unpaired) electrons. The molecule has 3 N–H and O–H groups in total. The van der Waals surface area contributed by atoms with Crippen molar-refractivity contribution in [1.29, 1.82) is 0 Å². The summed E-state index contributed by atoms with van der Waals surface area (Å²) in [6.45, 7) is 7.90. The largest absolute Gasteiger partial charge is 0.368 e. The fraction of sp³-hybridized carbons (Fsp3) is 0.474. The number of primary amides is 1. The third-order valence-corrected chi connectivity index (χ3v) is 5.71. The molecule has 0 aliphatic rings. The molecule has 0 heterocycles. The third-order valence-electron chi connectivity index (χ3n) is 3.65. The van der Waals surface area contributed by atoms with E-state index in [4.69, 9.17) is 14.8 Å². The quantitative estimate of drug-likeness (QED) is 0.440. The SMILES string of the molecule is CCOP(=O)(Cc1ccc(C(=O)N[C@@H](CC=C(C)C)C(N)=O)cc1)OCC. The summed E-state index contributed by atoms with van der Waals surface area (Å²) in [5.41, 5.74) is 7.50. The Kier molecular flexibility index (Phi) is 9.43. The van der Waals surface area contributed by atoms with Gasteiger partial charge in [0.1, 0.15) is 6.04 Å². The van der Waals surface area contributed by atoms with Gasteiger partial charge in [0.2, 0.25) is 5.91 Å². The van der Waals surface area contributed by atoms with Crippen molar-refractivity contribution in [2.45, 2.75) is 46.3 Å². The van der Waals surface area contributed by atoms with Gasteiger partial charge < -0.3 is 20.1 Å². The van der Waals surface area contributed by atoms with Crippen molar-refractivity contribution in [3.05, 3.63) is 47.0 Å². The average molecular weight is 396 g/mol. The van der Waals surface area contributed by atoms with Crippen LogP contribution in [0, 0.1) is 0 Å². The number of carbonyl (C=O) groups excluding carboxylic acids is 2. The lowest BCUT2D eigenvalue weighted by Gasteiger charge is -2.17. The van der Waals surface area contributed by atoms with Gasteiger partial charge >= 0.3 is 7.60 Å². The van der Waals surface area contributed by atoms with Crippen LogP contribution in [-0.4, -0.2) is 31.1 Å². The highest BCUT2D eigenvalue weighted by Crippen LogP contribution is 2.51. The van der Waals surface area contributed by atoms with Gasteiger partial charge in [-0.1, -0.05) is 23.8 Å². The van der Waals surface area contributed by atoms with Crippen LogP contribution >= 0.6 is 7.60 Å². The van der Waals surface area contributed by atoms with E-state index < -0.39 is 25.5 Å². The summed E-state index contributed by atoms with van der Waals surface area (Å²) in [6, 6.07) is 5.81. The van der Waals surface area contributed by atoms with Gasteiger partial charge in [-0.3, -0.25) is 14.2 Å². The smallest absolute Gasteiger partial charge is 0.335 e. The van der Waals surface area contributed by atoms with E-state index in [1.54, 1.807) is 38.1 Å². The molecule has 8 heteroatoms. The van der Waals surface area contributed by atoms with Crippen LogP contribution in [-0.2, 0) is 24.6 Å². The highest BCUT2D eigenvalue weighted by atomic mass is 31.2. The van der Waals surface area contributed by atoms with E-state index >= 15 is 0 Å². The Hall–Kier alpha value is -1.95. The molecule has 150 valence electrons. The molecule has 0 aliphatic heterocycles. The Balaban J connectivity index is 2.82. The Morgan fingerprint density at radius 3 is 2.15 bits per heavy atom. The lowest BCUT2D eigenvalue weighted by atomic mass is 10.1. The maximum absolute atomic E-state index is 12.6. The summed E-state index contributed by atoms with van der Waals surface area (Å²) in [5, 5.41) is 2.63. The zero-order valence-corrected chi connectivity index (χ0v) is 17.3. The molecule has 1 atom stereocenters. The topological polar surface area (TPSA) is 108 Å². The maximum Gasteiger partial charge on any atom is 0.335 e. The number of hydrogen-bond donors (Lipinski definition) is 2. The second kappa shape index (κ2) is 11.0. The molecule has 1 aromatic carbocycles. The van der Waals surface area contributed by atoms with Crippen LogP contribution in [0.5, 0.6) is 0 Å². The van der Waals surface area contributed by atoms with Gasteiger partial charge in [0.15, 0.2) is 0 Å². The van der Waals surface area contributed by atoms with Crippen molar-refractivity contribution in [1.82, 2.24) is 5.32 Å². The maximum atomic E-state index is 12.6. The van der Waals surface area contributed by atoms with Crippen LogP contribution in [0.25, 0.3) is 0 Å². The lowest BCUT2D eigenvalue weighted by molar-refractivity contribution is -0.119. The van der Waals surface area contributed by atoms with E-state index in [0.717, 1.165) is 11.1 Å². The van der Waals surface area contributed by atoms with Crippen molar-refractivity contribution in [3.8, 4) is 0 Å². The Labute approximate surface area is 160 Å². The molecule has 0 unspecified atom stereocenters. The number of nitrogens with one attached hydrogen (secondary N) is 1. The summed E-state index contributed by atoms with van der Waals surface area (Å²) < 4.78 is 23.1. The van der Waals surface area contributed by atoms with Crippen LogP contribution in [0.4, 0.5) is 0 Å². The number of hydrogen-bond acceptors (Lipinski definition) is 5. The third kappa shape index (κ3) is 8.08. The summed E-state index contributed by atoms with van der Waals surface area (Å²) in [5.74, 6) is -0.989. The number of nitrogens with two attached hydrogens (primary N) is 1. The zero-order valence-electron chi connectivity index (χ0n) is 16.4. The molecule has 7 nitrogen and oxygen atoms in total. The first kappa shape index (κ1) is 23.1. The predicted octanol–water partition coefficient (Wildman–Crippen LogP) is 3.39. The molecule has 0 aromatic heterocycles. The summed E-state index contributed by atoms with van der Waals surface area (Å²) in [6.07, 6.45) is 2.31. The fourth-order valence-electron chi connectivity index (χ4n) is 2.35. The van der Waals surface area contributed by atoms with Gasteiger partial charge in [0.05, 0.1) is 19.4 Å². The van der Waals surface area contributed by atoms with Crippen molar-refractivity contribution < 1.29 is 23.2 Å². The first-order valence-electron chi connectivity index (χ1n) is 8.91. The van der Waals surface area contributed by atoms with Crippen molar-refractivity contribution in [2.24, 2.45) is 5.73 Å². The highest BCUT2D eigenvalue weighted by molar-refractivity contribution is 7.53. The van der Waals surface area contributed by atoms with Crippen molar-refractivity contribution >= 4 is 19.4 Å². The predicted molar refractivity (Wildman–Crippen MR) is 106 cm³/mol. The van der Waals surface area contributed by atoms with Crippen molar-refractivity contribution in [2.75, 3.05) is 13.2 Å². The number of rotatable bonds is 11. The van der Waals surface area contributed by atoms with Crippen LogP contribution in [0.1, 0.15) is 50.0 Å². The molecule has 27 heavy (non-hydrogen) atoms. The van der Waals surface area contributed by atoms with Gasteiger partial charge in [-0.15, -0.1) is 0 Å². The van der Waals surface area contributed by atoms with E-state index in [1.165, 1.54) is 0 Å². The standard InChI is InChI=1S/C19H29N2O5P/c1-5-25-27(24,26-6-2)13-15-8-10-16(11-9-15)19(23)21-17(18(20)22)12-7-14(3)4/h7-11,17H,5-6,12-13H2,1-4H3,(H2,20,22)(H,21,23)/t17-/m0/s1. The number of allylic oxidation sites excluding steroid dienone is 1. The second-order valence-electron chi connectivity index (χ2n) is 6.25. The molecule has 2 amide bonds. The normalized spacial score (nSPS) is 12.3. The molecular formula is C19H29N2O5P. The molecule has 0 fully saturated rings. The van der Waals surface area contributed by atoms with Gasteiger partial charge in [-0.05, 0) is 51.8 Å². The fourth-order valence-corrected chi connectivity index (χ4v) is 4.05. The lowest BCUT2D eigenvalue weighted by Crippen LogP contribution is -2.44. The van der Waals surface area contributed by atoms with E-state index in [0.29, 0.717) is 12.0 Å². The number of benzene rings is 1. The van der Waals surface area contributed by atoms with E-state index in [-0.39, 0.29) is 19.4 Å². The summed E-state index contributed by atoms with van der Waals surface area (Å²) in [7, 11) is -3.20. The summed E-state index contributed by atoms with van der Waals surface area (Å²) in [4.78, 5) is 23.9. The first-order valence-corrected chi connectivity index (χ1v) is 10.6. The summed E-state index contributed by atoms with van der Waals surface area (Å²) >= 11 is 0. The Morgan fingerprint density at radius 2 is 1.70 bits per heavy atom. The Morgan fingerprint density at radius 1 is 1.15 bits per heavy atom. The number of carbonyl (C=O) groups is 2. The van der Waals surface area contributed by atoms with Gasteiger partial charge in [0, 0.05) is 5.56 Å². The van der Waals surface area contributed by atoms with E-state index in [1.807, 2.05) is 19.9 Å². The Bertz CT molecular complexity index is 701. The molecule has 0 bridgehead atoms. The molecular weight excluding hydrogens is 367 g/mol.